The summed E-state index contributed by atoms with van der Waals surface area (Å²) in [5, 5.41) is 2.75. The van der Waals surface area contributed by atoms with E-state index in [9.17, 15) is 9.59 Å². The molecule has 0 spiro atoms. The Kier molecular flexibility index (Phi) is 2.08. The molecule has 1 rings (SSSR count). The Morgan fingerprint density at radius 2 is 2.25 bits per heavy atom. The van der Waals surface area contributed by atoms with E-state index in [-0.39, 0.29) is 17.7 Å². The summed E-state index contributed by atoms with van der Waals surface area (Å²) in [6.45, 7) is 3.64. The Labute approximate surface area is 71.5 Å². The maximum Gasteiger partial charge on any atom is 0.222 e. The van der Waals surface area contributed by atoms with Gasteiger partial charge in [-0.25, -0.2) is 0 Å². The normalized spacial score (nSPS) is 27.8. The van der Waals surface area contributed by atoms with E-state index in [2.05, 4.69) is 5.32 Å². The van der Waals surface area contributed by atoms with Crippen LogP contribution in [-0.2, 0) is 9.59 Å². The minimum atomic E-state index is -0.485. The van der Waals surface area contributed by atoms with Gasteiger partial charge in [-0.15, -0.1) is 0 Å². The fourth-order valence-corrected chi connectivity index (χ4v) is 1.64. The minimum absolute atomic E-state index is 0.00231. The first-order valence-electron chi connectivity index (χ1n) is 4.04. The van der Waals surface area contributed by atoms with Gasteiger partial charge in [0.2, 0.25) is 11.8 Å². The molecular weight excluding hydrogens is 156 g/mol. The summed E-state index contributed by atoms with van der Waals surface area (Å²) < 4.78 is 0. The van der Waals surface area contributed by atoms with Crippen molar-refractivity contribution in [2.45, 2.75) is 32.2 Å². The maximum absolute atomic E-state index is 11.0. The highest BCUT2D eigenvalue weighted by Gasteiger charge is 2.38. The molecule has 0 saturated carbocycles. The molecular formula is C8H14N2O2. The van der Waals surface area contributed by atoms with E-state index in [0.29, 0.717) is 12.8 Å². The number of nitrogens with two attached hydrogens (primary N) is 1. The number of hydrogen-bond acceptors (Lipinski definition) is 2. The van der Waals surface area contributed by atoms with Gasteiger partial charge in [0, 0.05) is 12.0 Å². The molecule has 1 fully saturated rings. The van der Waals surface area contributed by atoms with Gasteiger partial charge in [-0.1, -0.05) is 0 Å². The molecule has 0 radical (unpaired) electrons. The zero-order valence-corrected chi connectivity index (χ0v) is 7.39. The summed E-state index contributed by atoms with van der Waals surface area (Å²) in [6, 6.07) is 0. The van der Waals surface area contributed by atoms with Crippen LogP contribution in [-0.4, -0.2) is 17.4 Å². The van der Waals surface area contributed by atoms with Crippen molar-refractivity contribution < 1.29 is 9.59 Å². The fraction of sp³-hybridized carbons (Fsp3) is 0.750. The van der Waals surface area contributed by atoms with Crippen LogP contribution < -0.4 is 11.1 Å². The van der Waals surface area contributed by atoms with E-state index in [1.807, 2.05) is 13.8 Å². The van der Waals surface area contributed by atoms with Gasteiger partial charge >= 0.3 is 0 Å². The van der Waals surface area contributed by atoms with Gasteiger partial charge in [0.1, 0.15) is 0 Å². The lowest BCUT2D eigenvalue weighted by molar-refractivity contribution is -0.131. The standard InChI is InChI=1S/C8H14N2O2/c1-8(2)5(7(9)12)3-4-6(11)10-8/h5H,3-4H2,1-2H3,(H2,9,12)(H,10,11). The number of amides is 2. The van der Waals surface area contributed by atoms with E-state index in [4.69, 9.17) is 5.73 Å². The zero-order chi connectivity index (χ0) is 9.35. The van der Waals surface area contributed by atoms with Crippen LogP contribution in [0.15, 0.2) is 0 Å². The Morgan fingerprint density at radius 1 is 1.67 bits per heavy atom. The molecule has 1 unspecified atom stereocenters. The minimum Gasteiger partial charge on any atom is -0.369 e. The number of primary amides is 1. The Hall–Kier alpha value is -1.06. The SMILES string of the molecule is CC1(C)NC(=O)CCC1C(N)=O. The predicted octanol–water partition coefficient (Wildman–Crippen LogP) is -0.223. The predicted molar refractivity (Wildman–Crippen MR) is 44.1 cm³/mol. The van der Waals surface area contributed by atoms with Crippen LogP contribution in [0.1, 0.15) is 26.7 Å². The van der Waals surface area contributed by atoms with E-state index in [1.165, 1.54) is 0 Å². The van der Waals surface area contributed by atoms with Gasteiger partial charge in [0.05, 0.1) is 5.92 Å². The molecule has 0 bridgehead atoms. The second-order valence-corrected chi connectivity index (χ2v) is 3.76. The second kappa shape index (κ2) is 2.77. The summed E-state index contributed by atoms with van der Waals surface area (Å²) in [5.41, 5.74) is 4.71. The van der Waals surface area contributed by atoms with E-state index >= 15 is 0 Å². The Balaban J connectivity index is 2.77. The lowest BCUT2D eigenvalue weighted by Gasteiger charge is -2.37. The number of carbonyl (C=O) groups excluding carboxylic acids is 2. The molecule has 0 aliphatic carbocycles. The summed E-state index contributed by atoms with van der Waals surface area (Å²) in [7, 11) is 0. The van der Waals surface area contributed by atoms with Gasteiger partial charge < -0.3 is 11.1 Å². The zero-order valence-electron chi connectivity index (χ0n) is 7.39. The molecule has 0 aromatic rings. The first kappa shape index (κ1) is 9.03. The number of nitrogens with one attached hydrogen (secondary N) is 1. The van der Waals surface area contributed by atoms with Crippen molar-refractivity contribution in [2.24, 2.45) is 11.7 Å². The average molecular weight is 170 g/mol. The Morgan fingerprint density at radius 3 is 2.67 bits per heavy atom. The van der Waals surface area contributed by atoms with E-state index in [0.717, 1.165) is 0 Å². The molecule has 4 heteroatoms. The topological polar surface area (TPSA) is 72.2 Å². The quantitative estimate of drug-likeness (QED) is 0.571. The molecule has 1 saturated heterocycles. The van der Waals surface area contributed by atoms with Crippen molar-refractivity contribution in [3.05, 3.63) is 0 Å². The molecule has 1 aliphatic heterocycles. The molecule has 1 atom stereocenters. The van der Waals surface area contributed by atoms with Gasteiger partial charge in [0.25, 0.3) is 0 Å². The molecule has 2 amide bonds. The summed E-state index contributed by atoms with van der Waals surface area (Å²) >= 11 is 0. The molecule has 0 aromatic carbocycles. The molecule has 0 aromatic heterocycles. The first-order chi connectivity index (χ1) is 5.43. The highest BCUT2D eigenvalue weighted by molar-refractivity contribution is 5.84. The monoisotopic (exact) mass is 170 g/mol. The van der Waals surface area contributed by atoms with Crippen LogP contribution >= 0.6 is 0 Å². The smallest absolute Gasteiger partial charge is 0.222 e. The van der Waals surface area contributed by atoms with Crippen molar-refractivity contribution in [1.29, 1.82) is 0 Å². The van der Waals surface area contributed by atoms with Crippen LogP contribution in [0.5, 0.6) is 0 Å². The Bertz CT molecular complexity index is 223. The molecule has 1 aliphatic rings. The molecule has 12 heavy (non-hydrogen) atoms. The molecule has 68 valence electrons. The first-order valence-corrected chi connectivity index (χ1v) is 4.04. The van der Waals surface area contributed by atoms with Crippen molar-refractivity contribution in [3.63, 3.8) is 0 Å². The van der Waals surface area contributed by atoms with Crippen molar-refractivity contribution in [1.82, 2.24) is 5.32 Å². The summed E-state index contributed by atoms with van der Waals surface area (Å²) in [4.78, 5) is 21.9. The number of carbonyl (C=O) groups is 2. The van der Waals surface area contributed by atoms with Crippen LogP contribution in [0.25, 0.3) is 0 Å². The van der Waals surface area contributed by atoms with Gasteiger partial charge in [-0.2, -0.15) is 0 Å². The second-order valence-electron chi connectivity index (χ2n) is 3.76. The maximum atomic E-state index is 11.0. The fourth-order valence-electron chi connectivity index (χ4n) is 1.64. The highest BCUT2D eigenvalue weighted by Crippen LogP contribution is 2.25. The van der Waals surface area contributed by atoms with Crippen LogP contribution in [0.4, 0.5) is 0 Å². The van der Waals surface area contributed by atoms with E-state index in [1.54, 1.807) is 0 Å². The van der Waals surface area contributed by atoms with Gasteiger partial charge in [0.15, 0.2) is 0 Å². The number of piperidine rings is 1. The summed E-state index contributed by atoms with van der Waals surface area (Å²) in [5.74, 6) is -0.576. The number of rotatable bonds is 1. The van der Waals surface area contributed by atoms with Gasteiger partial charge in [-0.05, 0) is 20.3 Å². The highest BCUT2D eigenvalue weighted by atomic mass is 16.2. The van der Waals surface area contributed by atoms with Crippen LogP contribution in [0.3, 0.4) is 0 Å². The lowest BCUT2D eigenvalue weighted by atomic mass is 9.80. The van der Waals surface area contributed by atoms with Crippen molar-refractivity contribution in [2.75, 3.05) is 0 Å². The third kappa shape index (κ3) is 1.57. The third-order valence-corrected chi connectivity index (χ3v) is 2.34. The third-order valence-electron chi connectivity index (χ3n) is 2.34. The molecule has 1 heterocycles. The van der Waals surface area contributed by atoms with Crippen LogP contribution in [0.2, 0.25) is 0 Å². The molecule has 4 nitrogen and oxygen atoms in total. The molecule has 3 N–H and O–H groups in total. The summed E-state index contributed by atoms with van der Waals surface area (Å²) in [6.07, 6.45) is 0.963. The van der Waals surface area contributed by atoms with Crippen molar-refractivity contribution >= 4 is 11.8 Å². The van der Waals surface area contributed by atoms with E-state index < -0.39 is 5.54 Å². The largest absolute Gasteiger partial charge is 0.369 e. The lowest BCUT2D eigenvalue weighted by Crippen LogP contribution is -2.56. The average Bonchev–Trinajstić information content (AvgIpc) is 1.82. The number of hydrogen-bond donors (Lipinski definition) is 2. The van der Waals surface area contributed by atoms with Crippen LogP contribution in [0, 0.1) is 5.92 Å². The van der Waals surface area contributed by atoms with Gasteiger partial charge in [-0.3, -0.25) is 9.59 Å². The van der Waals surface area contributed by atoms with Crippen molar-refractivity contribution in [3.8, 4) is 0 Å².